The molecule has 0 aliphatic carbocycles. The second-order valence-corrected chi connectivity index (χ2v) is 6.53. The molecule has 0 aliphatic rings. The Labute approximate surface area is 123 Å². The van der Waals surface area contributed by atoms with Crippen molar-refractivity contribution in [1.82, 2.24) is 9.78 Å². The molecule has 0 amide bonds. The lowest BCUT2D eigenvalue weighted by Crippen LogP contribution is -2.04. The Bertz CT molecular complexity index is 781. The third kappa shape index (κ3) is 2.66. The molecule has 114 valence electrons. The molecule has 1 heterocycles. The Kier molecular flexibility index (Phi) is 3.82. The van der Waals surface area contributed by atoms with E-state index in [4.69, 9.17) is 15.2 Å². The number of hydrogen-bond acceptors (Lipinski definition) is 6. The number of benzene rings is 1. The smallest absolute Gasteiger partial charge is 0.176 e. The van der Waals surface area contributed by atoms with E-state index in [-0.39, 0.29) is 4.90 Å². The first-order valence-corrected chi connectivity index (χ1v) is 7.92. The van der Waals surface area contributed by atoms with E-state index in [1.54, 1.807) is 13.1 Å². The number of hydrogen-bond donors (Lipinski definition) is 1. The number of anilines is 1. The van der Waals surface area contributed by atoms with Gasteiger partial charge in [-0.15, -0.1) is 0 Å². The van der Waals surface area contributed by atoms with Gasteiger partial charge >= 0.3 is 0 Å². The Hall–Kier alpha value is -2.22. The quantitative estimate of drug-likeness (QED) is 0.908. The van der Waals surface area contributed by atoms with Crippen LogP contribution in [0.25, 0.3) is 11.1 Å². The van der Waals surface area contributed by atoms with Crippen LogP contribution in [0.1, 0.15) is 0 Å². The molecule has 8 heteroatoms. The molecule has 0 radical (unpaired) electrons. The van der Waals surface area contributed by atoms with Crippen LogP contribution >= 0.6 is 0 Å². The van der Waals surface area contributed by atoms with Crippen molar-refractivity contribution in [3.8, 4) is 22.6 Å². The second-order valence-electron chi connectivity index (χ2n) is 4.54. The number of aryl methyl sites for hydroxylation is 1. The highest BCUT2D eigenvalue weighted by molar-refractivity contribution is 7.90. The van der Waals surface area contributed by atoms with Crippen LogP contribution in [0.15, 0.2) is 23.2 Å². The molecule has 0 aliphatic heterocycles. The first-order valence-electron chi connectivity index (χ1n) is 6.03. The minimum absolute atomic E-state index is 0.111. The van der Waals surface area contributed by atoms with Gasteiger partial charge in [-0.25, -0.2) is 8.42 Å². The summed E-state index contributed by atoms with van der Waals surface area (Å²) in [6.45, 7) is 0. The third-order valence-electron chi connectivity index (χ3n) is 3.16. The summed E-state index contributed by atoms with van der Waals surface area (Å²) in [5.41, 5.74) is 6.90. The largest absolute Gasteiger partial charge is 0.493 e. The zero-order chi connectivity index (χ0) is 15.8. The van der Waals surface area contributed by atoms with Gasteiger partial charge in [0.15, 0.2) is 21.3 Å². The summed E-state index contributed by atoms with van der Waals surface area (Å²) in [6, 6.07) is 3.01. The van der Waals surface area contributed by atoms with Crippen molar-refractivity contribution >= 4 is 15.7 Å². The maximum absolute atomic E-state index is 12.0. The molecular weight excluding hydrogens is 294 g/mol. The number of sulfone groups is 1. The molecule has 0 spiro atoms. The highest BCUT2D eigenvalue weighted by Gasteiger charge is 2.22. The predicted octanol–water partition coefficient (Wildman–Crippen LogP) is 1.09. The maximum Gasteiger partial charge on any atom is 0.176 e. The standard InChI is InChI=1S/C13H17N3O4S/c1-16-13(14)9(7-15-16)8-5-10(19-2)11(20-3)6-12(8)21(4,17)18/h5-7H,14H2,1-4H3. The zero-order valence-electron chi connectivity index (χ0n) is 12.2. The van der Waals surface area contributed by atoms with E-state index in [0.717, 1.165) is 6.26 Å². The second kappa shape index (κ2) is 5.28. The Balaban J connectivity index is 2.83. The van der Waals surface area contributed by atoms with E-state index in [0.29, 0.717) is 28.4 Å². The first-order chi connectivity index (χ1) is 9.79. The summed E-state index contributed by atoms with van der Waals surface area (Å²) in [5, 5.41) is 4.04. The first kappa shape index (κ1) is 15.2. The van der Waals surface area contributed by atoms with Gasteiger partial charge in [-0.05, 0) is 6.07 Å². The van der Waals surface area contributed by atoms with E-state index in [9.17, 15) is 8.42 Å². The summed E-state index contributed by atoms with van der Waals surface area (Å²) in [4.78, 5) is 0.111. The molecule has 0 saturated carbocycles. The molecule has 2 rings (SSSR count). The lowest BCUT2D eigenvalue weighted by molar-refractivity contribution is 0.354. The van der Waals surface area contributed by atoms with Crippen LogP contribution in [0, 0.1) is 0 Å². The number of nitrogens with zero attached hydrogens (tertiary/aromatic N) is 2. The highest BCUT2D eigenvalue weighted by atomic mass is 32.2. The van der Waals surface area contributed by atoms with E-state index in [2.05, 4.69) is 5.10 Å². The van der Waals surface area contributed by atoms with Crippen molar-refractivity contribution in [2.24, 2.45) is 7.05 Å². The van der Waals surface area contributed by atoms with Crippen molar-refractivity contribution in [2.45, 2.75) is 4.90 Å². The Morgan fingerprint density at radius 3 is 2.14 bits per heavy atom. The zero-order valence-corrected chi connectivity index (χ0v) is 13.1. The molecule has 7 nitrogen and oxygen atoms in total. The van der Waals surface area contributed by atoms with Crippen molar-refractivity contribution in [2.75, 3.05) is 26.2 Å². The molecule has 21 heavy (non-hydrogen) atoms. The summed E-state index contributed by atoms with van der Waals surface area (Å²) in [7, 11) is 1.13. The summed E-state index contributed by atoms with van der Waals surface area (Å²) in [6.07, 6.45) is 2.65. The molecule has 0 atom stereocenters. The highest BCUT2D eigenvalue weighted by Crippen LogP contribution is 2.39. The number of aromatic nitrogens is 2. The number of methoxy groups -OCH3 is 2. The molecular formula is C13H17N3O4S. The summed E-state index contributed by atoms with van der Waals surface area (Å²) < 4.78 is 35.9. The van der Waals surface area contributed by atoms with Gasteiger partial charge in [-0.1, -0.05) is 0 Å². The average Bonchev–Trinajstić information content (AvgIpc) is 2.76. The van der Waals surface area contributed by atoms with E-state index in [1.807, 2.05) is 0 Å². The third-order valence-corrected chi connectivity index (χ3v) is 4.30. The summed E-state index contributed by atoms with van der Waals surface area (Å²) >= 11 is 0. The molecule has 1 aromatic heterocycles. The minimum atomic E-state index is -3.47. The average molecular weight is 311 g/mol. The number of nitrogens with two attached hydrogens (primary N) is 1. The van der Waals surface area contributed by atoms with E-state index < -0.39 is 9.84 Å². The van der Waals surface area contributed by atoms with Crippen molar-refractivity contribution in [3.63, 3.8) is 0 Å². The SMILES string of the molecule is COc1cc(-c2cnn(C)c2N)c(S(C)(=O)=O)cc1OC. The maximum atomic E-state index is 12.0. The normalized spacial score (nSPS) is 11.4. The molecule has 0 bridgehead atoms. The van der Waals surface area contributed by atoms with Crippen LogP contribution < -0.4 is 15.2 Å². The number of nitrogen functional groups attached to an aromatic ring is 1. The van der Waals surface area contributed by atoms with Crippen LogP contribution in [-0.4, -0.2) is 38.7 Å². The fraction of sp³-hybridized carbons (Fsp3) is 0.308. The fourth-order valence-corrected chi connectivity index (χ4v) is 2.92. The summed E-state index contributed by atoms with van der Waals surface area (Å²) in [5.74, 6) is 1.12. The van der Waals surface area contributed by atoms with Crippen molar-refractivity contribution in [1.29, 1.82) is 0 Å². The van der Waals surface area contributed by atoms with Crippen LogP contribution in [0.4, 0.5) is 5.82 Å². The minimum Gasteiger partial charge on any atom is -0.493 e. The van der Waals surface area contributed by atoms with Crippen LogP contribution in [0.3, 0.4) is 0 Å². The van der Waals surface area contributed by atoms with Gasteiger partial charge in [-0.3, -0.25) is 4.68 Å². The van der Waals surface area contributed by atoms with Gasteiger partial charge in [0.1, 0.15) is 5.82 Å². The van der Waals surface area contributed by atoms with Gasteiger partial charge in [0.2, 0.25) is 0 Å². The van der Waals surface area contributed by atoms with Crippen LogP contribution in [0.5, 0.6) is 11.5 Å². The molecule has 0 saturated heterocycles. The monoisotopic (exact) mass is 311 g/mol. The lowest BCUT2D eigenvalue weighted by atomic mass is 10.1. The molecule has 0 unspecified atom stereocenters. The Morgan fingerprint density at radius 1 is 1.14 bits per heavy atom. The number of rotatable bonds is 4. The Morgan fingerprint density at radius 2 is 1.71 bits per heavy atom. The molecule has 1 aromatic carbocycles. The van der Waals surface area contributed by atoms with Gasteiger partial charge in [0, 0.05) is 30.5 Å². The van der Waals surface area contributed by atoms with Crippen molar-refractivity contribution < 1.29 is 17.9 Å². The molecule has 2 aromatic rings. The van der Waals surface area contributed by atoms with Gasteiger partial charge in [0.25, 0.3) is 0 Å². The van der Waals surface area contributed by atoms with Crippen LogP contribution in [0.2, 0.25) is 0 Å². The van der Waals surface area contributed by atoms with Gasteiger partial charge in [0.05, 0.1) is 25.3 Å². The van der Waals surface area contributed by atoms with Crippen molar-refractivity contribution in [3.05, 3.63) is 18.3 Å². The number of ether oxygens (including phenoxy) is 2. The van der Waals surface area contributed by atoms with Gasteiger partial charge in [-0.2, -0.15) is 5.10 Å². The lowest BCUT2D eigenvalue weighted by Gasteiger charge is -2.13. The molecule has 0 fully saturated rings. The van der Waals surface area contributed by atoms with Crippen LogP contribution in [-0.2, 0) is 16.9 Å². The topological polar surface area (TPSA) is 96.4 Å². The fourth-order valence-electron chi connectivity index (χ4n) is 2.03. The van der Waals surface area contributed by atoms with E-state index in [1.165, 1.54) is 31.2 Å². The predicted molar refractivity (Wildman–Crippen MR) is 79.3 cm³/mol. The molecule has 2 N–H and O–H groups in total. The van der Waals surface area contributed by atoms with E-state index >= 15 is 0 Å². The van der Waals surface area contributed by atoms with Gasteiger partial charge < -0.3 is 15.2 Å².